The number of para-hydroxylation sites is 1. The molecule has 9 nitrogen and oxygen atoms in total. The molecule has 0 saturated heterocycles. The summed E-state index contributed by atoms with van der Waals surface area (Å²) in [5, 5.41) is 13.3. The van der Waals surface area contributed by atoms with E-state index in [1.165, 1.54) is 18.2 Å². The van der Waals surface area contributed by atoms with Gasteiger partial charge >= 0.3 is 12.1 Å². The molecule has 0 aliphatic heterocycles. The van der Waals surface area contributed by atoms with Crippen molar-refractivity contribution in [1.82, 2.24) is 5.32 Å². The first kappa shape index (κ1) is 21.5. The summed E-state index contributed by atoms with van der Waals surface area (Å²) >= 11 is 0. The molecule has 9 heteroatoms. The fourth-order valence-corrected chi connectivity index (χ4v) is 2.57. The number of amides is 1. The summed E-state index contributed by atoms with van der Waals surface area (Å²) in [5.41, 5.74) is 0.523. The molecule has 1 unspecified atom stereocenters. The molecule has 1 atom stereocenters. The average Bonchev–Trinajstić information content (AvgIpc) is 2.75. The normalized spacial score (nSPS) is 11.2. The third kappa shape index (κ3) is 6.42. The summed E-state index contributed by atoms with van der Waals surface area (Å²) < 4.78 is 9.64. The molecule has 0 heterocycles. The number of carbonyl (C=O) groups is 3. The smallest absolute Gasteiger partial charge is 0.408 e. The Morgan fingerprint density at radius 2 is 1.72 bits per heavy atom. The minimum atomic E-state index is -1.09. The molecule has 0 spiro atoms. The van der Waals surface area contributed by atoms with Crippen molar-refractivity contribution >= 4 is 23.5 Å². The van der Waals surface area contributed by atoms with E-state index in [1.54, 1.807) is 36.4 Å². The maximum Gasteiger partial charge on any atom is 0.408 e. The molecular formula is C20H20N2O7. The van der Waals surface area contributed by atoms with Crippen LogP contribution in [0.2, 0.25) is 0 Å². The van der Waals surface area contributed by atoms with Crippen LogP contribution in [0.5, 0.6) is 0 Å². The Labute approximate surface area is 166 Å². The van der Waals surface area contributed by atoms with Crippen LogP contribution >= 0.6 is 0 Å². The van der Waals surface area contributed by atoms with E-state index in [4.69, 9.17) is 4.74 Å². The molecule has 0 aliphatic carbocycles. The number of nitrogens with zero attached hydrogens (tertiary/aromatic N) is 1. The Balaban J connectivity index is 1.94. The number of nitrogens with one attached hydrogen (secondary N) is 1. The van der Waals surface area contributed by atoms with E-state index in [1.807, 2.05) is 0 Å². The summed E-state index contributed by atoms with van der Waals surface area (Å²) in [5.74, 6) is -0.914. The molecule has 152 valence electrons. The van der Waals surface area contributed by atoms with Crippen molar-refractivity contribution in [3.63, 3.8) is 0 Å². The fourth-order valence-electron chi connectivity index (χ4n) is 2.57. The number of nitro benzene ring substituents is 1. The molecule has 2 aromatic carbocycles. The van der Waals surface area contributed by atoms with E-state index in [2.05, 4.69) is 10.1 Å². The van der Waals surface area contributed by atoms with Crippen LogP contribution in [0.3, 0.4) is 0 Å². The van der Waals surface area contributed by atoms with E-state index in [0.717, 1.165) is 7.11 Å². The second-order valence-electron chi connectivity index (χ2n) is 6.01. The van der Waals surface area contributed by atoms with Gasteiger partial charge in [-0.3, -0.25) is 14.9 Å². The summed E-state index contributed by atoms with van der Waals surface area (Å²) in [6, 6.07) is 13.3. The fraction of sp³-hybridized carbons (Fsp3) is 0.250. The van der Waals surface area contributed by atoms with Crippen LogP contribution in [0.15, 0.2) is 54.6 Å². The number of hydrogen-bond acceptors (Lipinski definition) is 7. The highest BCUT2D eigenvalue weighted by molar-refractivity contribution is 5.96. The molecule has 0 saturated carbocycles. The minimum absolute atomic E-state index is 0.00815. The zero-order chi connectivity index (χ0) is 21.2. The van der Waals surface area contributed by atoms with Crippen LogP contribution < -0.4 is 5.32 Å². The molecule has 29 heavy (non-hydrogen) atoms. The maximum atomic E-state index is 12.2. The SMILES string of the molecule is COC(=O)C(CCC(=O)c1ccccc1)NC(=O)OCc1ccccc1[N+](=O)[O-]. The molecule has 0 radical (unpaired) electrons. The molecule has 0 fully saturated rings. The van der Waals surface area contributed by atoms with Crippen molar-refractivity contribution in [2.24, 2.45) is 0 Å². The first-order chi connectivity index (χ1) is 13.9. The van der Waals surface area contributed by atoms with Crippen molar-refractivity contribution in [2.75, 3.05) is 7.11 Å². The van der Waals surface area contributed by atoms with Crippen molar-refractivity contribution in [2.45, 2.75) is 25.5 Å². The Bertz CT molecular complexity index is 883. The predicted molar refractivity (Wildman–Crippen MR) is 102 cm³/mol. The van der Waals surface area contributed by atoms with E-state index < -0.39 is 23.0 Å². The second-order valence-corrected chi connectivity index (χ2v) is 6.01. The van der Waals surface area contributed by atoms with E-state index in [9.17, 15) is 24.5 Å². The summed E-state index contributed by atoms with van der Waals surface area (Å²) in [4.78, 5) is 46.6. The van der Waals surface area contributed by atoms with E-state index in [-0.39, 0.29) is 36.5 Å². The van der Waals surface area contributed by atoms with Gasteiger partial charge in [-0.05, 0) is 12.5 Å². The van der Waals surface area contributed by atoms with Gasteiger partial charge in [0.05, 0.1) is 17.6 Å². The second kappa shape index (κ2) is 10.5. The van der Waals surface area contributed by atoms with E-state index >= 15 is 0 Å². The first-order valence-electron chi connectivity index (χ1n) is 8.74. The lowest BCUT2D eigenvalue weighted by molar-refractivity contribution is -0.385. The number of benzene rings is 2. The monoisotopic (exact) mass is 400 g/mol. The number of carbonyl (C=O) groups excluding carboxylic acids is 3. The largest absolute Gasteiger partial charge is 0.467 e. The Morgan fingerprint density at radius 3 is 2.38 bits per heavy atom. The third-order valence-corrected chi connectivity index (χ3v) is 4.08. The van der Waals surface area contributed by atoms with Gasteiger partial charge in [-0.1, -0.05) is 42.5 Å². The zero-order valence-corrected chi connectivity index (χ0v) is 15.7. The Kier molecular flexibility index (Phi) is 7.84. The van der Waals surface area contributed by atoms with Crippen LogP contribution in [0.4, 0.5) is 10.5 Å². The van der Waals surface area contributed by atoms with E-state index in [0.29, 0.717) is 5.56 Å². The lowest BCUT2D eigenvalue weighted by Gasteiger charge is -2.16. The molecule has 0 bridgehead atoms. The number of ether oxygens (including phenoxy) is 2. The van der Waals surface area contributed by atoms with Crippen molar-refractivity contribution < 1.29 is 28.8 Å². The van der Waals surface area contributed by atoms with Gasteiger partial charge in [0.25, 0.3) is 5.69 Å². The lowest BCUT2D eigenvalue weighted by Crippen LogP contribution is -2.42. The number of ketones is 1. The van der Waals surface area contributed by atoms with Crippen LogP contribution in [0.25, 0.3) is 0 Å². The van der Waals surface area contributed by atoms with Gasteiger partial charge in [-0.15, -0.1) is 0 Å². The highest BCUT2D eigenvalue weighted by Gasteiger charge is 2.24. The average molecular weight is 400 g/mol. The van der Waals surface area contributed by atoms with Crippen LogP contribution in [0, 0.1) is 10.1 Å². The molecule has 2 rings (SSSR count). The number of methoxy groups -OCH3 is 1. The highest BCUT2D eigenvalue weighted by Crippen LogP contribution is 2.18. The molecular weight excluding hydrogens is 380 g/mol. The van der Waals surface area contributed by atoms with Gasteiger partial charge in [0.15, 0.2) is 5.78 Å². The van der Waals surface area contributed by atoms with Crippen molar-refractivity contribution in [3.05, 3.63) is 75.8 Å². The van der Waals surface area contributed by atoms with Gasteiger partial charge in [0, 0.05) is 18.1 Å². The van der Waals surface area contributed by atoms with Gasteiger partial charge in [-0.2, -0.15) is 0 Å². The highest BCUT2D eigenvalue weighted by atomic mass is 16.6. The van der Waals surface area contributed by atoms with Gasteiger partial charge in [-0.25, -0.2) is 9.59 Å². The number of alkyl carbamates (subject to hydrolysis) is 1. The summed E-state index contributed by atoms with van der Waals surface area (Å²) in [6.45, 7) is -0.347. The molecule has 0 aliphatic rings. The van der Waals surface area contributed by atoms with Gasteiger partial charge in [0.1, 0.15) is 12.6 Å². The van der Waals surface area contributed by atoms with Gasteiger partial charge < -0.3 is 14.8 Å². The lowest BCUT2D eigenvalue weighted by atomic mass is 10.0. The Morgan fingerprint density at radius 1 is 1.07 bits per heavy atom. The molecule has 1 N–H and O–H groups in total. The zero-order valence-electron chi connectivity index (χ0n) is 15.7. The first-order valence-corrected chi connectivity index (χ1v) is 8.74. The maximum absolute atomic E-state index is 12.2. The summed E-state index contributed by atoms with van der Waals surface area (Å²) in [6.07, 6.45) is -0.930. The van der Waals surface area contributed by atoms with Gasteiger partial charge in [0.2, 0.25) is 0 Å². The number of hydrogen-bond donors (Lipinski definition) is 1. The predicted octanol–water partition coefficient (Wildman–Crippen LogP) is 3.03. The number of esters is 1. The molecule has 1 amide bonds. The van der Waals surface area contributed by atoms with Crippen LogP contribution in [-0.4, -0.2) is 35.9 Å². The number of nitro groups is 1. The van der Waals surface area contributed by atoms with Crippen molar-refractivity contribution in [3.8, 4) is 0 Å². The Hall–Kier alpha value is -3.75. The minimum Gasteiger partial charge on any atom is -0.467 e. The number of rotatable bonds is 9. The van der Waals surface area contributed by atoms with Crippen LogP contribution in [-0.2, 0) is 20.9 Å². The third-order valence-electron chi connectivity index (χ3n) is 4.08. The van der Waals surface area contributed by atoms with Crippen LogP contribution in [0.1, 0.15) is 28.8 Å². The van der Waals surface area contributed by atoms with Crippen molar-refractivity contribution in [1.29, 1.82) is 0 Å². The summed E-state index contributed by atoms with van der Waals surface area (Å²) in [7, 11) is 1.16. The molecule has 2 aromatic rings. The molecule has 0 aromatic heterocycles. The quantitative estimate of drug-likeness (QED) is 0.297. The number of Topliss-reactive ketones (excluding diaryl/α,β-unsaturated/α-hetero) is 1. The standard InChI is InChI=1S/C20H20N2O7/c1-28-19(24)16(11-12-18(23)14-7-3-2-4-8-14)21-20(25)29-13-15-9-5-6-10-17(15)22(26)27/h2-10,16H,11-13H2,1H3,(H,21,25). The topological polar surface area (TPSA) is 125 Å².